The summed E-state index contributed by atoms with van der Waals surface area (Å²) in [6.07, 6.45) is -5.04. The molecule has 11 nitrogen and oxygen atoms in total. The van der Waals surface area contributed by atoms with Crippen molar-refractivity contribution in [1.29, 1.82) is 0 Å². The standard InChI is InChI=1S/C33H54O11/c1-16(2)6-7-25(37)32(5,41)24-9-11-33(42)18-12-20(35)19-13-22(43-29-28(40)27(39)26(38)23(15-34)44-29)21(36)14-30(19,3)17(18)8-10-31(24,33)4/h12,16-17,19,21-29,34,36-42H,6-11,13-15H2,1-5H3/t17-,19-,21-,22+,23-,24-,25+,26-,27+,28-,29-,30+,31+,32+,33+/m0/s1. The van der Waals surface area contributed by atoms with Crippen LogP contribution in [0.5, 0.6) is 0 Å². The van der Waals surface area contributed by atoms with E-state index in [-0.39, 0.29) is 30.5 Å². The molecule has 3 saturated carbocycles. The fraction of sp³-hybridized carbons (Fsp3) is 0.909. The lowest BCUT2D eigenvalue weighted by molar-refractivity contribution is -0.322. The monoisotopic (exact) mass is 626 g/mol. The number of allylic oxidation sites excluding steroid dienone is 1. The van der Waals surface area contributed by atoms with Gasteiger partial charge in [0.1, 0.15) is 24.4 Å². The van der Waals surface area contributed by atoms with Gasteiger partial charge in [-0.15, -0.1) is 0 Å². The van der Waals surface area contributed by atoms with Gasteiger partial charge < -0.3 is 50.3 Å². The van der Waals surface area contributed by atoms with Gasteiger partial charge in [-0.25, -0.2) is 0 Å². The summed E-state index contributed by atoms with van der Waals surface area (Å²) >= 11 is 0. The summed E-state index contributed by atoms with van der Waals surface area (Å²) < 4.78 is 11.4. The third-order valence-corrected chi connectivity index (χ3v) is 12.6. The Bertz CT molecular complexity index is 1110. The number of carbonyl (C=O) groups excluding carboxylic acids is 1. The lowest BCUT2D eigenvalue weighted by Gasteiger charge is -2.61. The highest BCUT2D eigenvalue weighted by Crippen LogP contribution is 2.68. The fourth-order valence-electron chi connectivity index (χ4n) is 9.81. The van der Waals surface area contributed by atoms with E-state index in [2.05, 4.69) is 13.8 Å². The van der Waals surface area contributed by atoms with Gasteiger partial charge in [-0.1, -0.05) is 27.7 Å². The maximum absolute atomic E-state index is 13.9. The van der Waals surface area contributed by atoms with Crippen LogP contribution in [0.4, 0.5) is 0 Å². The first-order chi connectivity index (χ1) is 20.4. The van der Waals surface area contributed by atoms with Crippen LogP contribution < -0.4 is 0 Å². The van der Waals surface area contributed by atoms with E-state index in [1.807, 2.05) is 13.8 Å². The predicted molar refractivity (Wildman–Crippen MR) is 158 cm³/mol. The molecule has 0 aromatic heterocycles. The van der Waals surface area contributed by atoms with E-state index in [1.165, 1.54) is 0 Å². The summed E-state index contributed by atoms with van der Waals surface area (Å²) in [7, 11) is 0. The Balaban J connectivity index is 1.38. The minimum absolute atomic E-state index is 0.126. The molecule has 252 valence electrons. The highest BCUT2D eigenvalue weighted by Gasteiger charge is 2.69. The Kier molecular flexibility index (Phi) is 9.30. The average Bonchev–Trinajstić information content (AvgIpc) is 3.24. The summed E-state index contributed by atoms with van der Waals surface area (Å²) in [5.74, 6) is -0.913. The first-order valence-corrected chi connectivity index (χ1v) is 16.4. The van der Waals surface area contributed by atoms with Crippen LogP contribution in [0.15, 0.2) is 11.6 Å². The maximum atomic E-state index is 13.9. The normalized spacial score (nSPS) is 49.5. The minimum atomic E-state index is -1.62. The van der Waals surface area contributed by atoms with Crippen molar-refractivity contribution in [3.05, 3.63) is 11.6 Å². The molecule has 44 heavy (non-hydrogen) atoms. The minimum Gasteiger partial charge on any atom is -0.394 e. The smallest absolute Gasteiger partial charge is 0.187 e. The Morgan fingerprint density at radius 3 is 2.36 bits per heavy atom. The van der Waals surface area contributed by atoms with Gasteiger partial charge >= 0.3 is 0 Å². The first-order valence-electron chi connectivity index (χ1n) is 16.4. The summed E-state index contributed by atoms with van der Waals surface area (Å²) in [6.45, 7) is 9.17. The van der Waals surface area contributed by atoms with Gasteiger partial charge in [-0.3, -0.25) is 4.79 Å². The summed E-state index contributed by atoms with van der Waals surface area (Å²) in [5, 5.41) is 86.9. The van der Waals surface area contributed by atoms with E-state index in [0.717, 1.165) is 6.42 Å². The van der Waals surface area contributed by atoms with Crippen molar-refractivity contribution < 1.29 is 55.1 Å². The van der Waals surface area contributed by atoms with Crippen LogP contribution in [0.1, 0.15) is 86.0 Å². The number of ether oxygens (including phenoxy) is 2. The second-order valence-electron chi connectivity index (χ2n) is 15.6. The van der Waals surface area contributed by atoms with E-state index < -0.39 is 83.6 Å². The Hall–Kier alpha value is -0.990. The first kappa shape index (κ1) is 34.3. The van der Waals surface area contributed by atoms with Gasteiger partial charge in [0, 0.05) is 11.3 Å². The zero-order chi connectivity index (χ0) is 32.6. The number of hydrogen-bond acceptors (Lipinski definition) is 11. The maximum Gasteiger partial charge on any atom is 0.187 e. The number of rotatable bonds is 8. The van der Waals surface area contributed by atoms with Crippen molar-refractivity contribution in [2.45, 2.75) is 146 Å². The van der Waals surface area contributed by atoms with Gasteiger partial charge in [0.2, 0.25) is 0 Å². The molecule has 0 amide bonds. The topological polar surface area (TPSA) is 197 Å². The summed E-state index contributed by atoms with van der Waals surface area (Å²) in [6, 6.07) is 0. The van der Waals surface area contributed by atoms with Crippen molar-refractivity contribution in [3.8, 4) is 0 Å². The molecule has 11 heteroatoms. The van der Waals surface area contributed by atoms with Crippen LogP contribution in [0.2, 0.25) is 0 Å². The molecule has 4 fully saturated rings. The van der Waals surface area contributed by atoms with E-state index in [4.69, 9.17) is 9.47 Å². The van der Waals surface area contributed by atoms with Crippen LogP contribution >= 0.6 is 0 Å². The van der Waals surface area contributed by atoms with Crippen LogP contribution in [-0.2, 0) is 14.3 Å². The zero-order valence-corrected chi connectivity index (χ0v) is 26.7. The van der Waals surface area contributed by atoms with Gasteiger partial charge in [0.25, 0.3) is 0 Å². The summed E-state index contributed by atoms with van der Waals surface area (Å²) in [5.41, 5.74) is -3.55. The number of aliphatic hydroxyl groups excluding tert-OH is 6. The van der Waals surface area contributed by atoms with Gasteiger partial charge in [-0.2, -0.15) is 0 Å². The predicted octanol–water partition coefficient (Wildman–Crippen LogP) is 0.563. The number of aliphatic hydroxyl groups is 8. The Morgan fingerprint density at radius 2 is 1.73 bits per heavy atom. The number of carbonyl (C=O) groups is 1. The van der Waals surface area contributed by atoms with Crippen molar-refractivity contribution >= 4 is 5.78 Å². The van der Waals surface area contributed by atoms with E-state index in [9.17, 15) is 45.6 Å². The lowest BCUT2D eigenvalue weighted by atomic mass is 9.45. The lowest BCUT2D eigenvalue weighted by Crippen LogP contribution is -2.64. The van der Waals surface area contributed by atoms with E-state index >= 15 is 0 Å². The Labute approximate surface area is 259 Å². The number of ketones is 1. The van der Waals surface area contributed by atoms with Crippen molar-refractivity contribution in [2.75, 3.05) is 6.61 Å². The highest BCUT2D eigenvalue weighted by atomic mass is 16.7. The fourth-order valence-corrected chi connectivity index (χ4v) is 9.81. The molecule has 0 aromatic rings. The van der Waals surface area contributed by atoms with Crippen molar-refractivity contribution in [3.63, 3.8) is 0 Å². The molecular weight excluding hydrogens is 572 g/mol. The molecule has 0 radical (unpaired) electrons. The molecule has 1 heterocycles. The largest absolute Gasteiger partial charge is 0.394 e. The van der Waals surface area contributed by atoms with Crippen LogP contribution in [0.3, 0.4) is 0 Å². The quantitative estimate of drug-likeness (QED) is 0.187. The van der Waals surface area contributed by atoms with Crippen LogP contribution in [-0.4, -0.2) is 113 Å². The molecule has 8 N–H and O–H groups in total. The molecule has 0 unspecified atom stereocenters. The van der Waals surface area contributed by atoms with Crippen molar-refractivity contribution in [2.24, 2.45) is 34.5 Å². The molecule has 0 bridgehead atoms. The third-order valence-electron chi connectivity index (χ3n) is 12.6. The molecule has 15 atom stereocenters. The van der Waals surface area contributed by atoms with E-state index in [0.29, 0.717) is 43.6 Å². The van der Waals surface area contributed by atoms with Crippen molar-refractivity contribution in [1.82, 2.24) is 0 Å². The zero-order valence-electron chi connectivity index (χ0n) is 26.7. The molecule has 1 aliphatic heterocycles. The molecular formula is C33H54O11. The number of fused-ring (bicyclic) bond motifs is 5. The van der Waals surface area contributed by atoms with Gasteiger partial charge in [-0.05, 0) is 93.1 Å². The highest BCUT2D eigenvalue weighted by molar-refractivity contribution is 5.95. The number of hydrogen-bond donors (Lipinski definition) is 8. The Morgan fingerprint density at radius 1 is 1.05 bits per heavy atom. The third kappa shape index (κ3) is 5.23. The average molecular weight is 627 g/mol. The molecule has 1 saturated heterocycles. The van der Waals surface area contributed by atoms with E-state index in [1.54, 1.807) is 13.0 Å². The van der Waals surface area contributed by atoms with Crippen LogP contribution in [0, 0.1) is 34.5 Å². The SMILES string of the molecule is CC(C)CC[C@@H](O)[C@](C)(O)[C@H]1CC[C@@]2(O)C3=CC(=O)[C@@H]4C[C@@H](O[C@H]5O[C@@H](CO)[C@H](O)[C@@H](O)[C@@H]5O)[C@@H](O)C[C@]4(C)[C@H]3CC[C@]12C. The van der Waals surface area contributed by atoms with Gasteiger partial charge in [0.05, 0.1) is 36.1 Å². The van der Waals surface area contributed by atoms with Crippen LogP contribution in [0.25, 0.3) is 0 Å². The molecule has 5 aliphatic rings. The molecule has 4 aliphatic carbocycles. The molecule has 0 aromatic carbocycles. The molecule has 5 rings (SSSR count). The summed E-state index contributed by atoms with van der Waals surface area (Å²) in [4.78, 5) is 13.9. The second-order valence-corrected chi connectivity index (χ2v) is 15.6. The second kappa shape index (κ2) is 11.9. The molecule has 0 spiro atoms. The van der Waals surface area contributed by atoms with Gasteiger partial charge in [0.15, 0.2) is 12.1 Å².